The summed E-state index contributed by atoms with van der Waals surface area (Å²) in [7, 11) is 1.57. The average Bonchev–Trinajstić information content (AvgIpc) is 2.66. The number of rotatable bonds is 6. The zero-order valence-electron chi connectivity index (χ0n) is 16.3. The molecule has 1 N–H and O–H groups in total. The van der Waals surface area contributed by atoms with Crippen LogP contribution in [0.3, 0.4) is 0 Å². The fourth-order valence-corrected chi connectivity index (χ4v) is 3.54. The number of ether oxygens (including phenoxy) is 2. The number of carbonyl (C=O) groups is 1. The van der Waals surface area contributed by atoms with Gasteiger partial charge in [-0.25, -0.2) is 0 Å². The summed E-state index contributed by atoms with van der Waals surface area (Å²) >= 11 is 0. The molecular formula is C22H28N2O3. The van der Waals surface area contributed by atoms with E-state index in [9.17, 15) is 4.79 Å². The lowest BCUT2D eigenvalue weighted by atomic mass is 10.1. The Kier molecular flexibility index (Phi) is 6.48. The first-order chi connectivity index (χ1) is 13.0. The summed E-state index contributed by atoms with van der Waals surface area (Å²) in [5.41, 5.74) is 2.90. The fraction of sp³-hybridized carbons (Fsp3) is 0.409. The number of nitrogens with zero attached hydrogens (tertiary/aromatic N) is 1. The highest BCUT2D eigenvalue weighted by atomic mass is 16.5. The third kappa shape index (κ3) is 5.31. The van der Waals surface area contributed by atoms with E-state index in [1.165, 1.54) is 5.56 Å². The molecule has 1 amide bonds. The maximum absolute atomic E-state index is 12.4. The molecule has 1 aliphatic heterocycles. The smallest absolute Gasteiger partial charge is 0.255 e. The molecule has 0 radical (unpaired) electrons. The summed E-state index contributed by atoms with van der Waals surface area (Å²) < 4.78 is 11.0. The first-order valence-corrected chi connectivity index (χ1v) is 9.42. The lowest BCUT2D eigenvalue weighted by molar-refractivity contribution is -0.0704. The molecule has 27 heavy (non-hydrogen) atoms. The standard InChI is InChI=1S/C22H28N2O3/c1-16-13-24(14-17(2)27-16)15-19-10-8-18(9-11-19)12-23-22(25)20-6-4-5-7-21(20)26-3/h4-11,16-17H,12-15H2,1-3H3,(H,23,25). The molecular weight excluding hydrogens is 340 g/mol. The van der Waals surface area contributed by atoms with E-state index in [2.05, 4.69) is 48.3 Å². The van der Waals surface area contributed by atoms with Gasteiger partial charge in [0.1, 0.15) is 5.75 Å². The van der Waals surface area contributed by atoms with Gasteiger partial charge in [0, 0.05) is 26.2 Å². The number of amides is 1. The van der Waals surface area contributed by atoms with Crippen molar-refractivity contribution in [3.05, 3.63) is 65.2 Å². The van der Waals surface area contributed by atoms with Crippen molar-refractivity contribution in [2.75, 3.05) is 20.2 Å². The van der Waals surface area contributed by atoms with Crippen LogP contribution >= 0.6 is 0 Å². The van der Waals surface area contributed by atoms with E-state index < -0.39 is 0 Å². The lowest BCUT2D eigenvalue weighted by Crippen LogP contribution is -2.44. The molecule has 1 fully saturated rings. The Morgan fingerprint density at radius 2 is 1.70 bits per heavy atom. The highest BCUT2D eigenvalue weighted by Crippen LogP contribution is 2.17. The number of methoxy groups -OCH3 is 1. The van der Waals surface area contributed by atoms with Crippen molar-refractivity contribution in [2.24, 2.45) is 0 Å². The number of carbonyl (C=O) groups excluding carboxylic acids is 1. The number of hydrogen-bond donors (Lipinski definition) is 1. The van der Waals surface area contributed by atoms with Gasteiger partial charge in [0.05, 0.1) is 24.9 Å². The molecule has 144 valence electrons. The molecule has 0 aromatic heterocycles. The van der Waals surface area contributed by atoms with Crippen LogP contribution in [0, 0.1) is 0 Å². The van der Waals surface area contributed by atoms with Gasteiger partial charge in [-0.3, -0.25) is 9.69 Å². The molecule has 0 spiro atoms. The Bertz CT molecular complexity index is 750. The second-order valence-corrected chi connectivity index (χ2v) is 7.15. The van der Waals surface area contributed by atoms with Crippen LogP contribution in [0.15, 0.2) is 48.5 Å². The van der Waals surface area contributed by atoms with Gasteiger partial charge in [-0.2, -0.15) is 0 Å². The van der Waals surface area contributed by atoms with Crippen molar-refractivity contribution >= 4 is 5.91 Å². The van der Waals surface area contributed by atoms with Gasteiger partial charge in [0.25, 0.3) is 5.91 Å². The van der Waals surface area contributed by atoms with Crippen molar-refractivity contribution in [2.45, 2.75) is 39.1 Å². The number of hydrogen-bond acceptors (Lipinski definition) is 4. The van der Waals surface area contributed by atoms with Gasteiger partial charge in [-0.1, -0.05) is 36.4 Å². The maximum atomic E-state index is 12.4. The normalized spacial score (nSPS) is 20.3. The molecule has 5 heteroatoms. The van der Waals surface area contributed by atoms with Crippen molar-refractivity contribution in [3.63, 3.8) is 0 Å². The first-order valence-electron chi connectivity index (χ1n) is 9.42. The van der Waals surface area contributed by atoms with Crippen molar-refractivity contribution in [1.29, 1.82) is 0 Å². The summed E-state index contributed by atoms with van der Waals surface area (Å²) in [6, 6.07) is 15.7. The quantitative estimate of drug-likeness (QED) is 0.850. The zero-order valence-corrected chi connectivity index (χ0v) is 16.3. The maximum Gasteiger partial charge on any atom is 0.255 e. The second-order valence-electron chi connectivity index (χ2n) is 7.15. The molecule has 0 saturated carbocycles. The molecule has 5 nitrogen and oxygen atoms in total. The van der Waals surface area contributed by atoms with E-state index >= 15 is 0 Å². The van der Waals surface area contributed by atoms with Crippen LogP contribution in [-0.2, 0) is 17.8 Å². The Hall–Kier alpha value is -2.37. The highest BCUT2D eigenvalue weighted by molar-refractivity contribution is 5.96. The molecule has 1 saturated heterocycles. The largest absolute Gasteiger partial charge is 0.496 e. The lowest BCUT2D eigenvalue weighted by Gasteiger charge is -2.35. The zero-order chi connectivity index (χ0) is 19.2. The van der Waals surface area contributed by atoms with Crippen LogP contribution in [-0.4, -0.2) is 43.2 Å². The van der Waals surface area contributed by atoms with E-state index in [0.717, 1.165) is 25.2 Å². The van der Waals surface area contributed by atoms with Crippen molar-refractivity contribution in [1.82, 2.24) is 10.2 Å². The first kappa shape index (κ1) is 19.4. The minimum absolute atomic E-state index is 0.132. The molecule has 2 aromatic rings. The number of nitrogens with one attached hydrogen (secondary N) is 1. The molecule has 0 bridgehead atoms. The molecule has 2 aromatic carbocycles. The third-order valence-electron chi connectivity index (χ3n) is 4.73. The van der Waals surface area contributed by atoms with E-state index in [1.807, 2.05) is 12.1 Å². The monoisotopic (exact) mass is 368 g/mol. The SMILES string of the molecule is COc1ccccc1C(=O)NCc1ccc(CN2CC(C)OC(C)C2)cc1. The number of benzene rings is 2. The molecule has 1 aliphatic rings. The Morgan fingerprint density at radius 3 is 2.37 bits per heavy atom. The molecule has 3 rings (SSSR count). The summed E-state index contributed by atoms with van der Waals surface area (Å²) in [6.07, 6.45) is 0.552. The molecule has 2 atom stereocenters. The molecule has 1 heterocycles. The topological polar surface area (TPSA) is 50.8 Å². The molecule has 0 aliphatic carbocycles. The summed E-state index contributed by atoms with van der Waals surface area (Å²) in [5, 5.41) is 2.96. The highest BCUT2D eigenvalue weighted by Gasteiger charge is 2.21. The Morgan fingerprint density at radius 1 is 1.07 bits per heavy atom. The van der Waals surface area contributed by atoms with E-state index in [-0.39, 0.29) is 18.1 Å². The van der Waals surface area contributed by atoms with Crippen molar-refractivity contribution < 1.29 is 14.3 Å². The summed E-state index contributed by atoms with van der Waals surface area (Å²) in [6.45, 7) is 7.57. The summed E-state index contributed by atoms with van der Waals surface area (Å²) in [5.74, 6) is 0.451. The second kappa shape index (κ2) is 9.02. The van der Waals surface area contributed by atoms with E-state index in [4.69, 9.17) is 9.47 Å². The minimum Gasteiger partial charge on any atom is -0.496 e. The van der Waals surface area contributed by atoms with Crippen molar-refractivity contribution in [3.8, 4) is 5.75 Å². The van der Waals surface area contributed by atoms with Crippen LogP contribution < -0.4 is 10.1 Å². The van der Waals surface area contributed by atoms with Crippen LogP contribution in [0.2, 0.25) is 0 Å². The van der Waals surface area contributed by atoms with E-state index in [1.54, 1.807) is 19.2 Å². The predicted molar refractivity (Wildman–Crippen MR) is 106 cm³/mol. The van der Waals surface area contributed by atoms with Gasteiger partial charge in [-0.15, -0.1) is 0 Å². The van der Waals surface area contributed by atoms with Crippen LogP contribution in [0.25, 0.3) is 0 Å². The van der Waals surface area contributed by atoms with Gasteiger partial charge in [0.2, 0.25) is 0 Å². The Balaban J connectivity index is 1.54. The molecule has 2 unspecified atom stereocenters. The van der Waals surface area contributed by atoms with E-state index in [0.29, 0.717) is 17.9 Å². The average molecular weight is 368 g/mol. The van der Waals surface area contributed by atoms with Crippen LogP contribution in [0.1, 0.15) is 35.3 Å². The van der Waals surface area contributed by atoms with Crippen LogP contribution in [0.5, 0.6) is 5.75 Å². The number of morpholine rings is 1. The van der Waals surface area contributed by atoms with Crippen LogP contribution in [0.4, 0.5) is 0 Å². The van der Waals surface area contributed by atoms with Gasteiger partial charge >= 0.3 is 0 Å². The number of para-hydroxylation sites is 1. The fourth-order valence-electron chi connectivity index (χ4n) is 3.54. The van der Waals surface area contributed by atoms with Gasteiger partial charge < -0.3 is 14.8 Å². The van der Waals surface area contributed by atoms with Gasteiger partial charge in [-0.05, 0) is 37.1 Å². The predicted octanol–water partition coefficient (Wildman–Crippen LogP) is 3.23. The third-order valence-corrected chi connectivity index (χ3v) is 4.73. The van der Waals surface area contributed by atoms with Gasteiger partial charge in [0.15, 0.2) is 0 Å². The minimum atomic E-state index is -0.132. The summed E-state index contributed by atoms with van der Waals surface area (Å²) in [4.78, 5) is 14.8. The Labute approximate surface area is 161 Å².